The van der Waals surface area contributed by atoms with Crippen LogP contribution in [-0.4, -0.2) is 30.5 Å². The molecule has 2 heterocycles. The van der Waals surface area contributed by atoms with E-state index < -0.39 is 9.84 Å². The van der Waals surface area contributed by atoms with Crippen molar-refractivity contribution in [2.24, 2.45) is 0 Å². The fourth-order valence-corrected chi connectivity index (χ4v) is 3.41. The summed E-state index contributed by atoms with van der Waals surface area (Å²) < 4.78 is 24.6. The molecule has 3 rings (SSSR count). The van der Waals surface area contributed by atoms with Crippen LogP contribution in [0.5, 0.6) is 0 Å². The zero-order chi connectivity index (χ0) is 18.7. The van der Waals surface area contributed by atoms with Crippen LogP contribution in [0.3, 0.4) is 0 Å². The Labute approximate surface area is 159 Å². The van der Waals surface area contributed by atoms with Gasteiger partial charge in [-0.15, -0.1) is 0 Å². The Balaban J connectivity index is 1.85. The molecule has 2 aromatic heterocycles. The van der Waals surface area contributed by atoms with Crippen molar-refractivity contribution in [2.75, 3.05) is 11.6 Å². The lowest BCUT2D eigenvalue weighted by Gasteiger charge is -2.08. The van der Waals surface area contributed by atoms with E-state index in [1.54, 1.807) is 48.7 Å². The standard InChI is InChI=1S/C18H14BrN3O3S/c1-26(24,25)15-3-2-10-20-17(15)12-4-6-13(7-5-12)18(23)22-16-9-8-14(19)11-21-16/h2-11H,1H3,(H,21,22,23). The van der Waals surface area contributed by atoms with Gasteiger partial charge in [0.15, 0.2) is 9.84 Å². The molecule has 1 aromatic carbocycles. The molecule has 132 valence electrons. The van der Waals surface area contributed by atoms with Gasteiger partial charge < -0.3 is 5.32 Å². The maximum Gasteiger partial charge on any atom is 0.256 e. The van der Waals surface area contributed by atoms with Crippen LogP contribution in [0, 0.1) is 0 Å². The number of nitrogens with zero attached hydrogens (tertiary/aromatic N) is 2. The number of benzene rings is 1. The van der Waals surface area contributed by atoms with Crippen molar-refractivity contribution in [3.63, 3.8) is 0 Å². The molecule has 0 aliphatic carbocycles. The summed E-state index contributed by atoms with van der Waals surface area (Å²) in [6, 6.07) is 13.1. The number of carbonyl (C=O) groups excluding carboxylic acids is 1. The number of anilines is 1. The number of halogens is 1. The molecule has 1 amide bonds. The Morgan fingerprint density at radius 2 is 1.77 bits per heavy atom. The van der Waals surface area contributed by atoms with Crippen molar-refractivity contribution in [1.82, 2.24) is 9.97 Å². The molecule has 3 aromatic rings. The zero-order valence-electron chi connectivity index (χ0n) is 13.7. The molecule has 0 fully saturated rings. The van der Waals surface area contributed by atoms with Crippen LogP contribution in [0.1, 0.15) is 10.4 Å². The third-order valence-corrected chi connectivity index (χ3v) is 5.16. The van der Waals surface area contributed by atoms with Crippen molar-refractivity contribution < 1.29 is 13.2 Å². The molecule has 0 unspecified atom stereocenters. The van der Waals surface area contributed by atoms with Crippen molar-refractivity contribution in [1.29, 1.82) is 0 Å². The van der Waals surface area contributed by atoms with Gasteiger partial charge in [-0.25, -0.2) is 13.4 Å². The highest BCUT2D eigenvalue weighted by molar-refractivity contribution is 9.10. The van der Waals surface area contributed by atoms with Gasteiger partial charge in [0.05, 0.1) is 10.6 Å². The van der Waals surface area contributed by atoms with Crippen LogP contribution in [0.4, 0.5) is 5.82 Å². The lowest BCUT2D eigenvalue weighted by molar-refractivity contribution is 0.102. The summed E-state index contributed by atoms with van der Waals surface area (Å²) in [5, 5.41) is 2.70. The van der Waals surface area contributed by atoms with E-state index in [0.717, 1.165) is 10.7 Å². The largest absolute Gasteiger partial charge is 0.307 e. The Kier molecular flexibility index (Phi) is 5.15. The Bertz CT molecular complexity index is 1050. The van der Waals surface area contributed by atoms with Crippen molar-refractivity contribution in [3.05, 3.63) is 71.0 Å². The number of carbonyl (C=O) groups is 1. The third kappa shape index (κ3) is 4.14. The van der Waals surface area contributed by atoms with Crippen molar-refractivity contribution >= 4 is 37.5 Å². The molecule has 1 N–H and O–H groups in total. The van der Waals surface area contributed by atoms with Gasteiger partial charge in [0, 0.05) is 34.2 Å². The van der Waals surface area contributed by atoms with E-state index in [1.165, 1.54) is 12.3 Å². The van der Waals surface area contributed by atoms with E-state index in [2.05, 4.69) is 31.2 Å². The molecule has 0 aliphatic rings. The Hall–Kier alpha value is -2.58. The molecule has 0 radical (unpaired) electrons. The average molecular weight is 432 g/mol. The summed E-state index contributed by atoms with van der Waals surface area (Å²) in [6.07, 6.45) is 4.26. The van der Waals surface area contributed by atoms with Crippen LogP contribution in [0.2, 0.25) is 0 Å². The van der Waals surface area contributed by atoms with Crippen LogP contribution in [0.25, 0.3) is 11.3 Å². The first-order valence-corrected chi connectivity index (χ1v) is 10.2. The predicted octanol–water partition coefficient (Wildman–Crippen LogP) is 3.56. The summed E-state index contributed by atoms with van der Waals surface area (Å²) in [5.74, 6) is 0.127. The highest BCUT2D eigenvalue weighted by atomic mass is 79.9. The Morgan fingerprint density at radius 3 is 2.38 bits per heavy atom. The molecule has 26 heavy (non-hydrogen) atoms. The second kappa shape index (κ2) is 7.35. The average Bonchev–Trinajstić information content (AvgIpc) is 2.63. The maximum absolute atomic E-state index is 12.3. The fourth-order valence-electron chi connectivity index (χ4n) is 2.32. The molecule has 0 saturated heterocycles. The molecule has 0 atom stereocenters. The lowest BCUT2D eigenvalue weighted by atomic mass is 10.1. The first-order valence-electron chi connectivity index (χ1n) is 7.53. The number of aromatic nitrogens is 2. The number of rotatable bonds is 4. The minimum absolute atomic E-state index is 0.149. The van der Waals surface area contributed by atoms with Gasteiger partial charge in [-0.05, 0) is 52.3 Å². The van der Waals surface area contributed by atoms with Gasteiger partial charge in [-0.2, -0.15) is 0 Å². The minimum Gasteiger partial charge on any atom is -0.307 e. The molecule has 6 nitrogen and oxygen atoms in total. The van der Waals surface area contributed by atoms with Crippen LogP contribution in [-0.2, 0) is 9.84 Å². The molecule has 0 bridgehead atoms. The van der Waals surface area contributed by atoms with E-state index in [-0.39, 0.29) is 10.8 Å². The summed E-state index contributed by atoms with van der Waals surface area (Å²) in [5.41, 5.74) is 1.40. The van der Waals surface area contributed by atoms with Crippen LogP contribution >= 0.6 is 15.9 Å². The number of amides is 1. The first-order chi connectivity index (χ1) is 12.3. The first kappa shape index (κ1) is 18.2. The SMILES string of the molecule is CS(=O)(=O)c1cccnc1-c1ccc(C(=O)Nc2ccc(Br)cn2)cc1. The highest BCUT2D eigenvalue weighted by Crippen LogP contribution is 2.25. The second-order valence-electron chi connectivity index (χ2n) is 5.52. The van der Waals surface area contributed by atoms with Gasteiger partial charge in [0.1, 0.15) is 5.82 Å². The quantitative estimate of drug-likeness (QED) is 0.681. The molecule has 0 saturated carbocycles. The zero-order valence-corrected chi connectivity index (χ0v) is 16.1. The summed E-state index contributed by atoms with van der Waals surface area (Å²) >= 11 is 3.28. The summed E-state index contributed by atoms with van der Waals surface area (Å²) in [6.45, 7) is 0. The van der Waals surface area contributed by atoms with E-state index in [9.17, 15) is 13.2 Å². The number of nitrogens with one attached hydrogen (secondary N) is 1. The third-order valence-electron chi connectivity index (χ3n) is 3.56. The van der Waals surface area contributed by atoms with E-state index in [4.69, 9.17) is 0 Å². The Morgan fingerprint density at radius 1 is 1.04 bits per heavy atom. The molecule has 0 spiro atoms. The van der Waals surface area contributed by atoms with Crippen molar-refractivity contribution in [3.8, 4) is 11.3 Å². The molecular formula is C18H14BrN3O3S. The van der Waals surface area contributed by atoms with Gasteiger partial charge in [-0.3, -0.25) is 9.78 Å². The highest BCUT2D eigenvalue weighted by Gasteiger charge is 2.16. The lowest BCUT2D eigenvalue weighted by Crippen LogP contribution is -2.12. The van der Waals surface area contributed by atoms with Crippen LogP contribution in [0.15, 0.2) is 70.3 Å². The van der Waals surface area contributed by atoms with Crippen LogP contribution < -0.4 is 5.32 Å². The number of sulfone groups is 1. The summed E-state index contributed by atoms with van der Waals surface area (Å²) in [7, 11) is -3.41. The number of hydrogen-bond acceptors (Lipinski definition) is 5. The number of hydrogen-bond donors (Lipinski definition) is 1. The smallest absolute Gasteiger partial charge is 0.256 e. The van der Waals surface area contributed by atoms with E-state index in [1.807, 2.05) is 0 Å². The second-order valence-corrected chi connectivity index (χ2v) is 8.42. The van der Waals surface area contributed by atoms with Gasteiger partial charge >= 0.3 is 0 Å². The van der Waals surface area contributed by atoms with Gasteiger partial charge in [-0.1, -0.05) is 12.1 Å². The summed E-state index contributed by atoms with van der Waals surface area (Å²) in [4.78, 5) is 20.7. The normalized spacial score (nSPS) is 11.2. The monoisotopic (exact) mass is 431 g/mol. The van der Waals surface area contributed by atoms with E-state index >= 15 is 0 Å². The molecular weight excluding hydrogens is 418 g/mol. The van der Waals surface area contributed by atoms with E-state index in [0.29, 0.717) is 22.6 Å². The topological polar surface area (TPSA) is 89.0 Å². The maximum atomic E-state index is 12.3. The number of pyridine rings is 2. The van der Waals surface area contributed by atoms with Crippen molar-refractivity contribution in [2.45, 2.75) is 4.90 Å². The minimum atomic E-state index is -3.41. The fraction of sp³-hybridized carbons (Fsp3) is 0.0556. The predicted molar refractivity (Wildman–Crippen MR) is 103 cm³/mol. The molecule has 0 aliphatic heterocycles. The van der Waals surface area contributed by atoms with Gasteiger partial charge in [0.25, 0.3) is 5.91 Å². The molecule has 8 heteroatoms. The van der Waals surface area contributed by atoms with Gasteiger partial charge in [0.2, 0.25) is 0 Å².